The average Bonchev–Trinajstić information content (AvgIpc) is 3.05. The Labute approximate surface area is 134 Å². The minimum Gasteiger partial charge on any atom is -0.351 e. The van der Waals surface area contributed by atoms with Gasteiger partial charge in [0.15, 0.2) is 0 Å². The van der Waals surface area contributed by atoms with Crippen molar-refractivity contribution in [2.45, 2.75) is 57.8 Å². The lowest BCUT2D eigenvalue weighted by Crippen LogP contribution is -2.33. The molecule has 1 unspecified atom stereocenters. The number of H-pyrrole nitrogens is 1. The Morgan fingerprint density at radius 1 is 1.23 bits per heavy atom. The minimum atomic E-state index is -0.234. The van der Waals surface area contributed by atoms with E-state index in [1.165, 1.54) is 17.5 Å². The van der Waals surface area contributed by atoms with Crippen LogP contribution in [-0.2, 0) is 0 Å². The molecule has 1 radical (unpaired) electrons. The second-order valence-electron chi connectivity index (χ2n) is 6.98. The number of carbonyl (C=O) groups excluding carboxylic acids is 1. The Balaban J connectivity index is 1.74. The van der Waals surface area contributed by atoms with E-state index in [1.807, 2.05) is 6.07 Å². The smallest absolute Gasteiger partial charge is 0.267 e. The van der Waals surface area contributed by atoms with Gasteiger partial charge in [-0.15, -0.1) is 0 Å². The zero-order valence-electron chi connectivity index (χ0n) is 13.9. The van der Waals surface area contributed by atoms with Gasteiger partial charge in [0, 0.05) is 25.7 Å². The van der Waals surface area contributed by atoms with Crippen LogP contribution in [0.15, 0.2) is 18.2 Å². The van der Waals surface area contributed by atoms with Crippen molar-refractivity contribution in [3.05, 3.63) is 35.0 Å². The van der Waals surface area contributed by atoms with E-state index in [2.05, 4.69) is 49.4 Å². The van der Waals surface area contributed by atoms with Gasteiger partial charge in [-0.1, -0.05) is 25.6 Å². The summed E-state index contributed by atoms with van der Waals surface area (Å²) in [4.78, 5) is 15.8. The maximum atomic E-state index is 12.5. The topological polar surface area (TPSA) is 44.9 Å². The van der Waals surface area contributed by atoms with Crippen molar-refractivity contribution in [1.82, 2.24) is 10.3 Å². The van der Waals surface area contributed by atoms with Gasteiger partial charge >= 0.3 is 0 Å². The summed E-state index contributed by atoms with van der Waals surface area (Å²) in [6.45, 7) is 8.93. The number of nitrogens with one attached hydrogen (secondary N) is 2. The number of fused-ring (bicyclic) bond motifs is 1. The van der Waals surface area contributed by atoms with Gasteiger partial charge in [-0.25, -0.2) is 0 Å². The third kappa shape index (κ3) is 2.97. The maximum Gasteiger partial charge on any atom is 0.267 e. The highest BCUT2D eigenvalue weighted by molar-refractivity contribution is 6.57. The number of aromatic nitrogens is 1. The average molecular weight is 313 g/mol. The lowest BCUT2D eigenvalue weighted by molar-refractivity contribution is 0.0933. The largest absolute Gasteiger partial charge is 0.351 e. The molecule has 4 heteroatoms. The van der Waals surface area contributed by atoms with E-state index in [0.29, 0.717) is 11.7 Å². The van der Waals surface area contributed by atoms with Gasteiger partial charge < -0.3 is 10.3 Å². The monoisotopic (exact) mass is 313 g/mol. The van der Waals surface area contributed by atoms with Crippen molar-refractivity contribution in [1.29, 1.82) is 0 Å². The molecule has 1 aromatic carbocycles. The molecule has 1 aromatic heterocycles. The zero-order valence-corrected chi connectivity index (χ0v) is 14.9. The van der Waals surface area contributed by atoms with Gasteiger partial charge in [0.2, 0.25) is 0 Å². The Morgan fingerprint density at radius 2 is 2.00 bits per heavy atom. The molecule has 1 fully saturated rings. The van der Waals surface area contributed by atoms with Gasteiger partial charge in [0.25, 0.3) is 5.91 Å². The fraction of sp³-hybridized carbons (Fsp3) is 0.500. The van der Waals surface area contributed by atoms with Crippen LogP contribution < -0.4 is 5.32 Å². The molecular weight excluding hydrogens is 288 g/mol. The Bertz CT molecular complexity index is 704. The van der Waals surface area contributed by atoms with Crippen LogP contribution in [0.3, 0.4) is 0 Å². The van der Waals surface area contributed by atoms with Gasteiger partial charge in [-0.2, -0.15) is 0 Å². The predicted octanol–water partition coefficient (Wildman–Crippen LogP) is 4.19. The van der Waals surface area contributed by atoms with Crippen molar-refractivity contribution in [2.75, 3.05) is 0 Å². The summed E-state index contributed by atoms with van der Waals surface area (Å²) in [6, 6.07) is 6.60. The molecule has 0 bridgehead atoms. The summed E-state index contributed by atoms with van der Waals surface area (Å²) in [7, 11) is -0.234. The molecule has 2 N–H and O–H groups in total. The van der Waals surface area contributed by atoms with Gasteiger partial charge in [0.1, 0.15) is 5.69 Å². The van der Waals surface area contributed by atoms with Gasteiger partial charge in [-0.3, -0.25) is 4.79 Å². The van der Waals surface area contributed by atoms with Crippen LogP contribution in [0.5, 0.6) is 0 Å². The van der Waals surface area contributed by atoms with E-state index in [0.717, 1.165) is 29.3 Å². The van der Waals surface area contributed by atoms with E-state index in [-0.39, 0.29) is 14.7 Å². The standard InChI is InChI=1S/C18H25N2OSi/c1-11-7-12(2)15-10-17(20-16(15)8-11)18(21)19-13-5-6-14(9-13)22(3)4/h7-8,10,13-14,20H,5-6,9H2,1-4H3,(H,19,21)/t13-,14?/m0/s1. The molecule has 0 aliphatic heterocycles. The molecule has 22 heavy (non-hydrogen) atoms. The van der Waals surface area contributed by atoms with Crippen LogP contribution in [0.4, 0.5) is 0 Å². The number of carbonyl (C=O) groups is 1. The number of benzene rings is 1. The van der Waals surface area contributed by atoms with Crippen LogP contribution >= 0.6 is 0 Å². The molecular formula is C18H25N2OSi. The first-order chi connectivity index (χ1) is 10.4. The molecule has 2 atom stereocenters. The van der Waals surface area contributed by atoms with Crippen molar-refractivity contribution in [2.24, 2.45) is 0 Å². The first-order valence-corrected chi connectivity index (χ1v) is 10.7. The van der Waals surface area contributed by atoms with Crippen LogP contribution in [0.2, 0.25) is 18.6 Å². The summed E-state index contributed by atoms with van der Waals surface area (Å²) in [5.41, 5.74) is 5.03. The molecule has 1 aliphatic rings. The molecule has 1 heterocycles. The maximum absolute atomic E-state index is 12.5. The van der Waals surface area contributed by atoms with E-state index >= 15 is 0 Å². The highest BCUT2D eigenvalue weighted by atomic mass is 28.3. The molecule has 2 aromatic rings. The molecule has 3 rings (SSSR count). The highest BCUT2D eigenvalue weighted by Crippen LogP contribution is 2.33. The first-order valence-electron chi connectivity index (χ1n) is 8.15. The van der Waals surface area contributed by atoms with E-state index in [9.17, 15) is 4.79 Å². The second kappa shape index (κ2) is 5.92. The van der Waals surface area contributed by atoms with Crippen molar-refractivity contribution < 1.29 is 4.79 Å². The number of aromatic amines is 1. The normalized spacial score (nSPS) is 21.7. The summed E-state index contributed by atoms with van der Waals surface area (Å²) >= 11 is 0. The molecule has 117 valence electrons. The summed E-state index contributed by atoms with van der Waals surface area (Å²) < 4.78 is 0. The highest BCUT2D eigenvalue weighted by Gasteiger charge is 2.28. The lowest BCUT2D eigenvalue weighted by atomic mass is 10.1. The zero-order chi connectivity index (χ0) is 15.9. The third-order valence-electron chi connectivity index (χ3n) is 4.92. The number of hydrogen-bond acceptors (Lipinski definition) is 1. The lowest BCUT2D eigenvalue weighted by Gasteiger charge is -2.14. The Morgan fingerprint density at radius 3 is 2.68 bits per heavy atom. The quantitative estimate of drug-likeness (QED) is 0.820. The van der Waals surface area contributed by atoms with Crippen molar-refractivity contribution >= 4 is 25.6 Å². The van der Waals surface area contributed by atoms with Gasteiger partial charge in [0.05, 0.1) is 0 Å². The van der Waals surface area contributed by atoms with Crippen LogP contribution in [0.25, 0.3) is 10.9 Å². The van der Waals surface area contributed by atoms with Crippen molar-refractivity contribution in [3.63, 3.8) is 0 Å². The molecule has 1 aliphatic carbocycles. The molecule has 0 saturated heterocycles. The molecule has 3 nitrogen and oxygen atoms in total. The number of aryl methyl sites for hydroxylation is 2. The van der Waals surface area contributed by atoms with Gasteiger partial charge in [-0.05, 0) is 55.5 Å². The molecule has 1 saturated carbocycles. The van der Waals surface area contributed by atoms with Crippen molar-refractivity contribution in [3.8, 4) is 0 Å². The number of amides is 1. The Hall–Kier alpha value is -1.55. The summed E-state index contributed by atoms with van der Waals surface area (Å²) in [6.07, 6.45) is 3.56. The third-order valence-corrected chi connectivity index (χ3v) is 7.08. The summed E-state index contributed by atoms with van der Waals surface area (Å²) in [5.74, 6) is 0.0416. The van der Waals surface area contributed by atoms with Crippen LogP contribution in [0, 0.1) is 13.8 Å². The van der Waals surface area contributed by atoms with E-state index in [1.54, 1.807) is 0 Å². The first kappa shape index (κ1) is 15.3. The summed E-state index contributed by atoms with van der Waals surface area (Å²) in [5, 5.41) is 4.37. The molecule has 0 spiro atoms. The number of hydrogen-bond donors (Lipinski definition) is 2. The van der Waals surface area contributed by atoms with Crippen LogP contribution in [-0.4, -0.2) is 25.7 Å². The Kier molecular flexibility index (Phi) is 4.13. The fourth-order valence-corrected chi connectivity index (χ4v) is 5.12. The molecule has 1 amide bonds. The van der Waals surface area contributed by atoms with Crippen LogP contribution in [0.1, 0.15) is 40.9 Å². The second-order valence-corrected chi connectivity index (χ2v) is 9.95. The van der Waals surface area contributed by atoms with E-state index < -0.39 is 0 Å². The predicted molar refractivity (Wildman–Crippen MR) is 94.1 cm³/mol. The van der Waals surface area contributed by atoms with E-state index in [4.69, 9.17) is 0 Å². The number of rotatable bonds is 3. The SMILES string of the molecule is Cc1cc(C)c2cc(C(=O)N[C@H]3CCC([Si](C)C)C3)[nH]c2c1. The fourth-order valence-electron chi connectivity index (χ4n) is 3.62. The minimum absolute atomic E-state index is 0.0416.